The number of esters is 1. The Kier molecular flexibility index (Phi) is 6.85. The van der Waals surface area contributed by atoms with Crippen molar-refractivity contribution in [2.45, 2.75) is 82.2 Å². The molecule has 0 aromatic heterocycles. The van der Waals surface area contributed by atoms with E-state index in [1.165, 1.54) is 24.3 Å². The Hall–Kier alpha value is -1.46. The maximum Gasteiger partial charge on any atom is 0.431 e. The third kappa shape index (κ3) is 5.20. The van der Waals surface area contributed by atoms with Crippen LogP contribution in [0.2, 0.25) is 19.6 Å². The van der Waals surface area contributed by atoms with Crippen molar-refractivity contribution in [1.82, 2.24) is 0 Å². The number of carbonyl (C=O) groups is 1. The molecule has 6 nitrogen and oxygen atoms in total. The van der Waals surface area contributed by atoms with Crippen molar-refractivity contribution >= 4 is 14.3 Å². The topological polar surface area (TPSA) is 63.2 Å². The molecular weight excluding hydrogens is 445 g/mol. The van der Waals surface area contributed by atoms with Gasteiger partial charge >= 0.3 is 12.1 Å². The lowest BCUT2D eigenvalue weighted by molar-refractivity contribution is -0.264. The maximum atomic E-state index is 14.5. The van der Waals surface area contributed by atoms with Gasteiger partial charge in [0.25, 0.3) is 5.60 Å². The Morgan fingerprint density at radius 1 is 0.969 bits per heavy atom. The van der Waals surface area contributed by atoms with Gasteiger partial charge in [-0.3, -0.25) is 0 Å². The minimum absolute atomic E-state index is 0.0826. The average molecular weight is 477 g/mol. The van der Waals surface area contributed by atoms with Crippen LogP contribution in [0.25, 0.3) is 0 Å². The van der Waals surface area contributed by atoms with Crippen LogP contribution in [0, 0.1) is 0 Å². The number of alkyl halides is 3. The van der Waals surface area contributed by atoms with E-state index in [0.717, 1.165) is 0 Å². The second kappa shape index (κ2) is 8.71. The smallest absolute Gasteiger partial charge is 0.431 e. The summed E-state index contributed by atoms with van der Waals surface area (Å²) in [4.78, 5) is 13.3. The van der Waals surface area contributed by atoms with Crippen LogP contribution in [0.4, 0.5) is 13.2 Å². The second-order valence-electron chi connectivity index (χ2n) is 10.1. The molecule has 1 aromatic carbocycles. The Morgan fingerprint density at radius 3 is 2.00 bits per heavy atom. The molecule has 180 valence electrons. The highest BCUT2D eigenvalue weighted by atomic mass is 28.4. The quantitative estimate of drug-likeness (QED) is 0.453. The highest BCUT2D eigenvalue weighted by Gasteiger charge is 2.66. The fraction of sp³-hybridized carbons (Fsp3) is 0.682. The number of halogens is 3. The first-order valence-electron chi connectivity index (χ1n) is 10.6. The van der Waals surface area contributed by atoms with Crippen molar-refractivity contribution in [3.63, 3.8) is 0 Å². The lowest BCUT2D eigenvalue weighted by atomic mass is 9.93. The molecule has 0 spiro atoms. The summed E-state index contributed by atoms with van der Waals surface area (Å²) in [5.74, 6) is -1.52. The zero-order chi connectivity index (χ0) is 23.9. The number of benzene rings is 1. The van der Waals surface area contributed by atoms with E-state index in [1.807, 2.05) is 20.8 Å². The van der Waals surface area contributed by atoms with Crippen molar-refractivity contribution in [2.75, 3.05) is 13.2 Å². The molecule has 1 aromatic rings. The van der Waals surface area contributed by atoms with Crippen LogP contribution in [0.3, 0.4) is 0 Å². The molecule has 2 aliphatic rings. The van der Waals surface area contributed by atoms with Crippen molar-refractivity contribution in [2.24, 2.45) is 0 Å². The second-order valence-corrected chi connectivity index (χ2v) is 14.5. The number of fused-ring (bicyclic) bond motifs is 1. The molecule has 32 heavy (non-hydrogen) atoms. The Bertz CT molecular complexity index is 805. The van der Waals surface area contributed by atoms with E-state index in [9.17, 15) is 18.0 Å². The molecule has 0 amide bonds. The van der Waals surface area contributed by atoms with Crippen molar-refractivity contribution in [1.29, 1.82) is 0 Å². The van der Waals surface area contributed by atoms with Crippen LogP contribution in [0.5, 0.6) is 0 Å². The van der Waals surface area contributed by atoms with Gasteiger partial charge in [0, 0.05) is 5.56 Å². The van der Waals surface area contributed by atoms with Crippen molar-refractivity contribution < 1.29 is 41.3 Å². The monoisotopic (exact) mass is 476 g/mol. The highest BCUT2D eigenvalue weighted by Crippen LogP contribution is 2.46. The van der Waals surface area contributed by atoms with E-state index in [0.29, 0.717) is 0 Å². The van der Waals surface area contributed by atoms with Crippen LogP contribution >= 0.6 is 0 Å². The Balaban J connectivity index is 1.89. The summed E-state index contributed by atoms with van der Waals surface area (Å²) >= 11 is 0. The van der Waals surface area contributed by atoms with Gasteiger partial charge in [0.1, 0.15) is 18.3 Å². The first-order valence-corrected chi connectivity index (χ1v) is 14.0. The molecule has 5 atom stereocenters. The average Bonchev–Trinajstić information content (AvgIpc) is 3.21. The predicted octanol–water partition coefficient (Wildman–Crippen LogP) is 4.19. The summed E-state index contributed by atoms with van der Waals surface area (Å²) in [5, 5.41) is 0. The van der Waals surface area contributed by atoms with E-state index in [-0.39, 0.29) is 18.8 Å². The number of hydrogen-bond acceptors (Lipinski definition) is 6. The van der Waals surface area contributed by atoms with Gasteiger partial charge in [0.15, 0.2) is 14.4 Å². The molecule has 0 aliphatic carbocycles. The van der Waals surface area contributed by atoms with E-state index in [1.54, 1.807) is 25.7 Å². The summed E-state index contributed by atoms with van der Waals surface area (Å²) in [5.41, 5.74) is -4.02. The number of carbonyl (C=O) groups excluding carboxylic acids is 1. The van der Waals surface area contributed by atoms with Crippen molar-refractivity contribution in [3.05, 3.63) is 35.9 Å². The van der Waals surface area contributed by atoms with Crippen LogP contribution in [-0.4, -0.2) is 63.7 Å². The van der Waals surface area contributed by atoms with Gasteiger partial charge in [-0.2, -0.15) is 13.2 Å². The van der Waals surface area contributed by atoms with Gasteiger partial charge in [-0.15, -0.1) is 0 Å². The maximum absolute atomic E-state index is 14.5. The molecule has 0 saturated carbocycles. The zero-order valence-corrected chi connectivity index (χ0v) is 20.2. The van der Waals surface area contributed by atoms with Gasteiger partial charge in [0.05, 0.1) is 18.8 Å². The van der Waals surface area contributed by atoms with E-state index >= 15 is 0 Å². The molecule has 3 rings (SSSR count). The van der Waals surface area contributed by atoms with E-state index in [2.05, 4.69) is 0 Å². The zero-order valence-electron chi connectivity index (χ0n) is 19.2. The molecule has 0 N–H and O–H groups in total. The molecule has 0 unspecified atom stereocenters. The van der Waals surface area contributed by atoms with Crippen molar-refractivity contribution in [3.8, 4) is 0 Å². The molecule has 2 heterocycles. The molecular formula is C22H31F3O6Si. The summed E-state index contributed by atoms with van der Waals surface area (Å²) in [7, 11) is -2.87. The third-order valence-corrected chi connectivity index (χ3v) is 5.97. The lowest BCUT2D eigenvalue weighted by Crippen LogP contribution is -2.57. The molecule has 0 bridgehead atoms. The highest BCUT2D eigenvalue weighted by molar-refractivity contribution is 6.70. The van der Waals surface area contributed by atoms with Gasteiger partial charge in [0.2, 0.25) is 0 Å². The van der Waals surface area contributed by atoms with Gasteiger partial charge in [-0.1, -0.05) is 30.3 Å². The summed E-state index contributed by atoms with van der Waals surface area (Å²) in [6, 6.07) is 6.88. The fourth-order valence-corrected chi connectivity index (χ4v) is 5.23. The van der Waals surface area contributed by atoms with Crippen LogP contribution in [0.15, 0.2) is 30.3 Å². The number of rotatable bonds is 6. The SMILES string of the molecule is CC(C)(C)O[C@H]1CO[C@H]2[C@@H]1OC[C@H]2OC(=O)[C@@](O[Si](C)(C)C)(c1ccccc1)C(F)(F)F. The van der Waals surface area contributed by atoms with Gasteiger partial charge in [-0.25, -0.2) is 4.79 Å². The molecule has 10 heteroatoms. The summed E-state index contributed by atoms with van der Waals surface area (Å²) < 4.78 is 72.0. The predicted molar refractivity (Wildman–Crippen MR) is 113 cm³/mol. The summed E-state index contributed by atoms with van der Waals surface area (Å²) in [6.07, 6.45) is -7.68. The van der Waals surface area contributed by atoms with Crippen LogP contribution < -0.4 is 0 Å². The minimum atomic E-state index is -5.04. The largest absolute Gasteiger partial charge is 0.454 e. The third-order valence-electron chi connectivity index (χ3n) is 5.05. The van der Waals surface area contributed by atoms with Crippen LogP contribution in [0.1, 0.15) is 26.3 Å². The minimum Gasteiger partial charge on any atom is -0.454 e. The van der Waals surface area contributed by atoms with Gasteiger partial charge < -0.3 is 23.4 Å². The van der Waals surface area contributed by atoms with Gasteiger partial charge in [-0.05, 0) is 40.4 Å². The van der Waals surface area contributed by atoms with Crippen LogP contribution in [-0.2, 0) is 33.8 Å². The molecule has 2 aliphatic heterocycles. The summed E-state index contributed by atoms with van der Waals surface area (Å²) in [6.45, 7) is 10.6. The number of hydrogen-bond donors (Lipinski definition) is 0. The normalized spacial score (nSPS) is 28.3. The Labute approximate surface area is 187 Å². The first kappa shape index (κ1) is 25.2. The van der Waals surface area contributed by atoms with E-state index in [4.69, 9.17) is 23.4 Å². The van der Waals surface area contributed by atoms with E-state index < -0.39 is 56.1 Å². The number of ether oxygens (including phenoxy) is 4. The molecule has 2 saturated heterocycles. The lowest BCUT2D eigenvalue weighted by Gasteiger charge is -2.39. The first-order chi connectivity index (χ1) is 14.6. The molecule has 0 radical (unpaired) electrons. The fourth-order valence-electron chi connectivity index (χ4n) is 3.99. The Morgan fingerprint density at radius 2 is 1.50 bits per heavy atom. The molecule has 2 fully saturated rings. The standard InChI is InChI=1S/C22H31F3O6Si/c1-20(2,3)30-16-13-28-17-15(12-27-18(16)17)29-19(26)21(22(23,24)25,31-32(4,5)6)14-10-8-7-9-11-14/h7-11,15-18H,12-13H2,1-6H3/t15-,16+,17-,18-,21+/m1/s1.